The van der Waals surface area contributed by atoms with Crippen molar-refractivity contribution in [3.8, 4) is 0 Å². The van der Waals surface area contributed by atoms with Gasteiger partial charge in [0.25, 0.3) is 12.3 Å². The number of halogens is 2. The summed E-state index contributed by atoms with van der Waals surface area (Å²) >= 11 is 0. The molecule has 1 amide bonds. The quantitative estimate of drug-likeness (QED) is 0.808. The number of aromatic nitrogens is 1. The smallest absolute Gasteiger partial charge is 0.268 e. The van der Waals surface area contributed by atoms with Gasteiger partial charge >= 0.3 is 0 Å². The zero-order chi connectivity index (χ0) is 15.3. The molecule has 20 heavy (non-hydrogen) atoms. The van der Waals surface area contributed by atoms with Gasteiger partial charge in [0.05, 0.1) is 12.1 Å². The van der Waals surface area contributed by atoms with Gasteiger partial charge in [-0.3, -0.25) is 4.79 Å². The zero-order valence-corrected chi connectivity index (χ0v) is 12.1. The second-order valence-corrected chi connectivity index (χ2v) is 5.71. The first-order valence-corrected chi connectivity index (χ1v) is 6.65. The Labute approximate surface area is 117 Å². The number of hydrogen-bond acceptors (Lipinski definition) is 2. The Balaban J connectivity index is 2.61. The fourth-order valence-corrected chi connectivity index (χ4v) is 2.24. The Morgan fingerprint density at radius 1 is 1.50 bits per heavy atom. The molecular weight excluding hydrogens is 266 g/mol. The van der Waals surface area contributed by atoms with Crippen LogP contribution in [-0.4, -0.2) is 34.2 Å². The van der Waals surface area contributed by atoms with Crippen molar-refractivity contribution >= 4 is 5.91 Å². The number of nitrogens with zero attached hydrogens (tertiary/aromatic N) is 1. The average Bonchev–Trinajstić information content (AvgIpc) is 2.71. The fourth-order valence-electron chi connectivity index (χ4n) is 2.24. The maximum atomic E-state index is 12.4. The van der Waals surface area contributed by atoms with Crippen molar-refractivity contribution in [2.75, 3.05) is 6.54 Å². The summed E-state index contributed by atoms with van der Waals surface area (Å²) in [6.07, 6.45) is -0.531. The first kappa shape index (κ1) is 16.6. The highest BCUT2D eigenvalue weighted by Crippen LogP contribution is 2.15. The van der Waals surface area contributed by atoms with Gasteiger partial charge in [-0.2, -0.15) is 0 Å². The number of nitrogens with one attached hydrogen (secondary N) is 1. The van der Waals surface area contributed by atoms with Crippen molar-refractivity contribution < 1.29 is 18.7 Å². The van der Waals surface area contributed by atoms with Gasteiger partial charge in [0.15, 0.2) is 0 Å². The number of carbonyl (C=O) groups excluding carboxylic acids is 1. The SMILES string of the molecule is CC(C)CC(C)(O)CNC(=O)c1cccn1CC(F)F. The fraction of sp³-hybridized carbons (Fsp3) is 0.643. The lowest BCUT2D eigenvalue weighted by atomic mass is 9.94. The summed E-state index contributed by atoms with van der Waals surface area (Å²) < 4.78 is 25.9. The van der Waals surface area contributed by atoms with E-state index in [1.54, 1.807) is 13.0 Å². The summed E-state index contributed by atoms with van der Waals surface area (Å²) in [6.45, 7) is 5.17. The summed E-state index contributed by atoms with van der Waals surface area (Å²) in [5, 5.41) is 12.7. The second kappa shape index (κ2) is 6.83. The van der Waals surface area contributed by atoms with Gasteiger partial charge in [-0.15, -0.1) is 0 Å². The molecule has 4 nitrogen and oxygen atoms in total. The van der Waals surface area contributed by atoms with Crippen LogP contribution in [0.3, 0.4) is 0 Å². The third-order valence-corrected chi connectivity index (χ3v) is 2.87. The van der Waals surface area contributed by atoms with Crippen LogP contribution < -0.4 is 5.32 Å². The van der Waals surface area contributed by atoms with Crippen LogP contribution in [0.25, 0.3) is 0 Å². The summed E-state index contributed by atoms with van der Waals surface area (Å²) in [5.74, 6) is -0.163. The van der Waals surface area contributed by atoms with Gasteiger partial charge in [-0.25, -0.2) is 8.78 Å². The Morgan fingerprint density at radius 3 is 2.70 bits per heavy atom. The van der Waals surface area contributed by atoms with Gasteiger partial charge in [0, 0.05) is 12.7 Å². The number of alkyl halides is 2. The maximum Gasteiger partial charge on any atom is 0.268 e. The molecule has 1 unspecified atom stereocenters. The molecule has 1 rings (SSSR count). The van der Waals surface area contributed by atoms with Gasteiger partial charge in [0.1, 0.15) is 5.69 Å². The maximum absolute atomic E-state index is 12.4. The molecule has 1 aromatic rings. The van der Waals surface area contributed by atoms with E-state index in [2.05, 4.69) is 5.32 Å². The lowest BCUT2D eigenvalue weighted by Crippen LogP contribution is -2.42. The standard InChI is InChI=1S/C14H22F2N2O2/c1-10(2)7-14(3,20)9-17-13(19)11-5-4-6-18(11)8-12(15)16/h4-6,10,12,20H,7-9H2,1-3H3,(H,17,19). The molecule has 0 radical (unpaired) electrons. The molecule has 2 N–H and O–H groups in total. The van der Waals surface area contributed by atoms with Crippen molar-refractivity contribution in [2.45, 2.75) is 45.8 Å². The molecule has 6 heteroatoms. The molecule has 0 aliphatic carbocycles. The van der Waals surface area contributed by atoms with Crippen molar-refractivity contribution in [1.82, 2.24) is 9.88 Å². The molecule has 114 valence electrons. The molecule has 0 bridgehead atoms. The molecule has 0 aliphatic heterocycles. The van der Waals surface area contributed by atoms with Crippen LogP contribution in [0, 0.1) is 5.92 Å². The summed E-state index contributed by atoms with van der Waals surface area (Å²) in [5.41, 5.74) is -0.838. The molecule has 1 aromatic heterocycles. The molecule has 0 aromatic carbocycles. The van der Waals surface area contributed by atoms with E-state index in [4.69, 9.17) is 0 Å². The highest BCUT2D eigenvalue weighted by atomic mass is 19.3. The van der Waals surface area contributed by atoms with E-state index in [1.165, 1.54) is 16.8 Å². The minimum atomic E-state index is -2.52. The third kappa shape index (κ3) is 5.28. The topological polar surface area (TPSA) is 54.3 Å². The van der Waals surface area contributed by atoms with Crippen LogP contribution in [0.4, 0.5) is 8.78 Å². The van der Waals surface area contributed by atoms with Crippen molar-refractivity contribution in [1.29, 1.82) is 0 Å². The molecular formula is C14H22F2N2O2. The van der Waals surface area contributed by atoms with E-state index in [-0.39, 0.29) is 12.2 Å². The number of amides is 1. The summed E-state index contributed by atoms with van der Waals surface area (Å²) in [7, 11) is 0. The van der Waals surface area contributed by atoms with Gasteiger partial charge in [0.2, 0.25) is 0 Å². The number of hydrogen-bond donors (Lipinski definition) is 2. The molecule has 0 fully saturated rings. The van der Waals surface area contributed by atoms with Crippen LogP contribution >= 0.6 is 0 Å². The van der Waals surface area contributed by atoms with Crippen LogP contribution in [0.2, 0.25) is 0 Å². The van der Waals surface area contributed by atoms with Gasteiger partial charge < -0.3 is 15.0 Å². The molecule has 1 heterocycles. The third-order valence-electron chi connectivity index (χ3n) is 2.87. The lowest BCUT2D eigenvalue weighted by molar-refractivity contribution is 0.0365. The Kier molecular flexibility index (Phi) is 5.68. The highest BCUT2D eigenvalue weighted by Gasteiger charge is 2.23. The summed E-state index contributed by atoms with van der Waals surface area (Å²) in [4.78, 5) is 12.0. The minimum absolute atomic E-state index is 0.0872. The van der Waals surface area contributed by atoms with E-state index in [1.807, 2.05) is 13.8 Å². The van der Waals surface area contributed by atoms with Crippen LogP contribution in [-0.2, 0) is 6.54 Å². The number of aliphatic hydroxyl groups is 1. The zero-order valence-electron chi connectivity index (χ0n) is 12.1. The predicted molar refractivity (Wildman–Crippen MR) is 72.8 cm³/mol. The first-order chi connectivity index (χ1) is 9.21. The first-order valence-electron chi connectivity index (χ1n) is 6.65. The molecule has 1 atom stereocenters. The monoisotopic (exact) mass is 288 g/mol. The van der Waals surface area contributed by atoms with Crippen LogP contribution in [0.15, 0.2) is 18.3 Å². The van der Waals surface area contributed by atoms with E-state index < -0.39 is 24.5 Å². The Bertz CT molecular complexity index is 442. The van der Waals surface area contributed by atoms with Gasteiger partial charge in [-0.1, -0.05) is 13.8 Å². The van der Waals surface area contributed by atoms with Crippen LogP contribution in [0.5, 0.6) is 0 Å². The number of rotatable bonds is 7. The molecule has 0 spiro atoms. The minimum Gasteiger partial charge on any atom is -0.388 e. The Hall–Kier alpha value is -1.43. The van der Waals surface area contributed by atoms with E-state index in [0.29, 0.717) is 12.3 Å². The molecule has 0 saturated heterocycles. The van der Waals surface area contributed by atoms with E-state index in [0.717, 1.165) is 0 Å². The van der Waals surface area contributed by atoms with Gasteiger partial charge in [-0.05, 0) is 31.4 Å². The van der Waals surface area contributed by atoms with Crippen LogP contribution in [0.1, 0.15) is 37.7 Å². The molecule has 0 aliphatic rings. The molecule has 0 saturated carbocycles. The Morgan fingerprint density at radius 2 is 2.15 bits per heavy atom. The summed E-state index contributed by atoms with van der Waals surface area (Å²) in [6, 6.07) is 3.03. The van der Waals surface area contributed by atoms with E-state index in [9.17, 15) is 18.7 Å². The highest BCUT2D eigenvalue weighted by molar-refractivity contribution is 5.92. The normalized spacial score (nSPS) is 14.6. The van der Waals surface area contributed by atoms with Crippen molar-refractivity contribution in [3.63, 3.8) is 0 Å². The number of carbonyl (C=O) groups is 1. The largest absolute Gasteiger partial charge is 0.388 e. The van der Waals surface area contributed by atoms with Crippen molar-refractivity contribution in [3.05, 3.63) is 24.0 Å². The average molecular weight is 288 g/mol. The second-order valence-electron chi connectivity index (χ2n) is 5.71. The van der Waals surface area contributed by atoms with Crippen molar-refractivity contribution in [2.24, 2.45) is 5.92 Å². The lowest BCUT2D eigenvalue weighted by Gasteiger charge is -2.25. The van der Waals surface area contributed by atoms with E-state index >= 15 is 0 Å². The predicted octanol–water partition coefficient (Wildman–Crippen LogP) is 2.28.